The molecule has 0 aliphatic carbocycles. The lowest BCUT2D eigenvalue weighted by molar-refractivity contribution is 0.0198. The van der Waals surface area contributed by atoms with Crippen LogP contribution in [0.1, 0.15) is 0 Å². The fourth-order valence-electron chi connectivity index (χ4n) is 1.96. The van der Waals surface area contributed by atoms with Gasteiger partial charge >= 0.3 is 6.03 Å². The van der Waals surface area contributed by atoms with Crippen LogP contribution in [-0.4, -0.2) is 41.3 Å². The van der Waals surface area contributed by atoms with Gasteiger partial charge in [0.05, 0.1) is 23.3 Å². The van der Waals surface area contributed by atoms with Crippen molar-refractivity contribution in [2.45, 2.75) is 0 Å². The first-order chi connectivity index (χ1) is 9.25. The smallest absolute Gasteiger partial charge is 0.352 e. The van der Waals surface area contributed by atoms with E-state index in [4.69, 9.17) is 4.74 Å². The second-order valence-corrected chi connectivity index (χ2v) is 5.19. The number of carbonyl (C=O) groups excluding carboxylic acids is 1. The minimum atomic E-state index is -0.409. The fourth-order valence-corrected chi connectivity index (χ4v) is 2.86. The van der Waals surface area contributed by atoms with Gasteiger partial charge in [-0.2, -0.15) is 3.96 Å². The van der Waals surface area contributed by atoms with Crippen molar-refractivity contribution >= 4 is 27.6 Å². The third kappa shape index (κ3) is 2.40. The van der Waals surface area contributed by atoms with E-state index in [-0.39, 0.29) is 5.56 Å². The summed E-state index contributed by atoms with van der Waals surface area (Å²) in [5.41, 5.74) is 2.45. The minimum absolute atomic E-state index is 0.272. The monoisotopic (exact) mass is 279 g/mol. The molecule has 0 spiro atoms. The maximum absolute atomic E-state index is 12.1. The van der Waals surface area contributed by atoms with Gasteiger partial charge in [0.25, 0.3) is 5.56 Å². The summed E-state index contributed by atoms with van der Waals surface area (Å²) in [4.78, 5) is 24.2. The number of hydrogen-bond donors (Lipinski definition) is 1. The Morgan fingerprint density at radius 3 is 2.74 bits per heavy atom. The second kappa shape index (κ2) is 5.12. The number of morpholine rings is 1. The zero-order chi connectivity index (χ0) is 13.2. The van der Waals surface area contributed by atoms with E-state index in [0.29, 0.717) is 31.7 Å². The zero-order valence-corrected chi connectivity index (χ0v) is 11.0. The normalized spacial score (nSPS) is 16.6. The molecule has 7 heteroatoms. The predicted octanol–water partition coefficient (Wildman–Crippen LogP) is 0.868. The van der Waals surface area contributed by atoms with E-state index in [2.05, 4.69) is 5.43 Å². The van der Waals surface area contributed by atoms with Crippen molar-refractivity contribution < 1.29 is 9.53 Å². The molecule has 0 unspecified atom stereocenters. The summed E-state index contributed by atoms with van der Waals surface area (Å²) in [5.74, 6) is 0. The Morgan fingerprint density at radius 1 is 1.26 bits per heavy atom. The van der Waals surface area contributed by atoms with Crippen LogP contribution in [0.4, 0.5) is 4.79 Å². The number of hydrazine groups is 1. The summed E-state index contributed by atoms with van der Waals surface area (Å²) in [7, 11) is 0. The maximum atomic E-state index is 12.1. The number of carbonyl (C=O) groups is 1. The average molecular weight is 279 g/mol. The van der Waals surface area contributed by atoms with Gasteiger partial charge in [0, 0.05) is 13.1 Å². The molecule has 1 aliphatic heterocycles. The fraction of sp³-hybridized carbons (Fsp3) is 0.333. The number of rotatable bonds is 1. The highest BCUT2D eigenvalue weighted by Crippen LogP contribution is 2.15. The van der Waals surface area contributed by atoms with E-state index in [1.807, 2.05) is 12.1 Å². The second-order valence-electron chi connectivity index (χ2n) is 4.20. The van der Waals surface area contributed by atoms with Gasteiger partial charge in [-0.3, -0.25) is 10.2 Å². The Morgan fingerprint density at radius 2 is 2.00 bits per heavy atom. The number of benzene rings is 1. The molecular weight excluding hydrogens is 266 g/mol. The molecule has 0 bridgehead atoms. The molecule has 1 aromatic heterocycles. The van der Waals surface area contributed by atoms with Crippen molar-refractivity contribution in [3.63, 3.8) is 0 Å². The number of amides is 1. The van der Waals surface area contributed by atoms with Crippen LogP contribution >= 0.6 is 11.5 Å². The minimum Gasteiger partial charge on any atom is -0.379 e. The van der Waals surface area contributed by atoms with E-state index in [1.54, 1.807) is 17.1 Å². The first-order valence-corrected chi connectivity index (χ1v) is 6.78. The third-order valence-electron chi connectivity index (χ3n) is 2.94. The summed E-state index contributed by atoms with van der Waals surface area (Å²) in [6.07, 6.45) is 0. The highest BCUT2D eigenvalue weighted by Gasteiger charge is 2.17. The molecule has 0 atom stereocenters. The zero-order valence-electron chi connectivity index (χ0n) is 10.2. The predicted molar refractivity (Wildman–Crippen MR) is 72.4 cm³/mol. The van der Waals surface area contributed by atoms with E-state index < -0.39 is 6.03 Å². The molecular formula is C12H13N3O3S. The molecule has 1 N–H and O–H groups in total. The van der Waals surface area contributed by atoms with Crippen LogP contribution in [-0.2, 0) is 4.74 Å². The Labute approximate surface area is 113 Å². The number of fused-ring (bicyclic) bond motifs is 1. The van der Waals surface area contributed by atoms with Crippen molar-refractivity contribution in [3.8, 4) is 0 Å². The summed E-state index contributed by atoms with van der Waals surface area (Å²) >= 11 is 1.15. The number of hydrogen-bond acceptors (Lipinski definition) is 5. The van der Waals surface area contributed by atoms with Crippen molar-refractivity contribution in [2.75, 3.05) is 26.3 Å². The van der Waals surface area contributed by atoms with Gasteiger partial charge < -0.3 is 4.74 Å². The summed E-state index contributed by atoms with van der Waals surface area (Å²) in [6, 6.07) is 6.79. The van der Waals surface area contributed by atoms with Crippen molar-refractivity contribution in [1.82, 2.24) is 14.4 Å². The van der Waals surface area contributed by atoms with Crippen molar-refractivity contribution in [3.05, 3.63) is 34.6 Å². The third-order valence-corrected chi connectivity index (χ3v) is 4.01. The lowest BCUT2D eigenvalue weighted by Crippen LogP contribution is -2.50. The molecule has 1 amide bonds. The van der Waals surface area contributed by atoms with Crippen LogP contribution in [0.15, 0.2) is 29.1 Å². The van der Waals surface area contributed by atoms with Crippen LogP contribution in [0, 0.1) is 0 Å². The topological polar surface area (TPSA) is 63.6 Å². The van der Waals surface area contributed by atoms with Crippen LogP contribution in [0.5, 0.6) is 0 Å². The Bertz CT molecular complexity index is 658. The summed E-state index contributed by atoms with van der Waals surface area (Å²) < 4.78 is 7.16. The van der Waals surface area contributed by atoms with Gasteiger partial charge in [-0.15, -0.1) is 0 Å². The molecule has 1 aromatic carbocycles. The average Bonchev–Trinajstić information content (AvgIpc) is 2.78. The highest BCUT2D eigenvalue weighted by molar-refractivity contribution is 7.14. The molecule has 100 valence electrons. The van der Waals surface area contributed by atoms with Crippen LogP contribution in [0.25, 0.3) is 10.1 Å². The number of aromatic nitrogens is 1. The molecule has 6 nitrogen and oxygen atoms in total. The number of nitrogens with zero attached hydrogens (tertiary/aromatic N) is 2. The standard InChI is InChI=1S/C12H13N3O3S/c16-11-9-3-1-2-4-10(9)19-15(11)12(17)13-14-5-7-18-8-6-14/h1-4H,5-8H2,(H,13,17). The van der Waals surface area contributed by atoms with E-state index in [0.717, 1.165) is 20.2 Å². The first-order valence-electron chi connectivity index (χ1n) is 6.00. The van der Waals surface area contributed by atoms with E-state index >= 15 is 0 Å². The van der Waals surface area contributed by atoms with E-state index in [1.165, 1.54) is 0 Å². The van der Waals surface area contributed by atoms with Crippen LogP contribution in [0.2, 0.25) is 0 Å². The number of ether oxygens (including phenoxy) is 1. The van der Waals surface area contributed by atoms with Crippen molar-refractivity contribution in [2.24, 2.45) is 0 Å². The largest absolute Gasteiger partial charge is 0.379 e. The summed E-state index contributed by atoms with van der Waals surface area (Å²) in [6.45, 7) is 2.43. The Kier molecular flexibility index (Phi) is 3.33. The van der Waals surface area contributed by atoms with Gasteiger partial charge in [0.15, 0.2) is 0 Å². The highest BCUT2D eigenvalue weighted by atomic mass is 32.1. The molecule has 1 aliphatic rings. The van der Waals surface area contributed by atoms with Gasteiger partial charge in [-0.05, 0) is 23.7 Å². The van der Waals surface area contributed by atoms with Gasteiger partial charge in [0.2, 0.25) is 0 Å². The molecule has 2 aromatic rings. The number of nitrogens with one attached hydrogen (secondary N) is 1. The molecule has 0 saturated carbocycles. The molecule has 1 saturated heterocycles. The van der Waals surface area contributed by atoms with Crippen molar-refractivity contribution in [1.29, 1.82) is 0 Å². The van der Waals surface area contributed by atoms with Gasteiger partial charge in [-0.1, -0.05) is 12.1 Å². The molecule has 0 radical (unpaired) electrons. The van der Waals surface area contributed by atoms with Gasteiger partial charge in [-0.25, -0.2) is 9.80 Å². The van der Waals surface area contributed by atoms with E-state index in [9.17, 15) is 9.59 Å². The first kappa shape index (κ1) is 12.3. The molecule has 2 heterocycles. The van der Waals surface area contributed by atoms with Gasteiger partial charge in [0.1, 0.15) is 0 Å². The molecule has 3 rings (SSSR count). The summed E-state index contributed by atoms with van der Waals surface area (Å²) in [5, 5.41) is 2.34. The Hall–Kier alpha value is -1.70. The molecule has 1 fully saturated rings. The lowest BCUT2D eigenvalue weighted by atomic mass is 10.3. The quantitative estimate of drug-likeness (QED) is 0.841. The Balaban J connectivity index is 1.85. The van der Waals surface area contributed by atoms with Crippen LogP contribution < -0.4 is 11.0 Å². The molecule has 19 heavy (non-hydrogen) atoms. The van der Waals surface area contributed by atoms with Crippen LogP contribution in [0.3, 0.4) is 0 Å². The lowest BCUT2D eigenvalue weighted by Gasteiger charge is -2.26. The SMILES string of the molecule is O=C(NN1CCOCC1)n1sc2ccccc2c1=O. The maximum Gasteiger partial charge on any atom is 0.352 e.